The van der Waals surface area contributed by atoms with Crippen molar-refractivity contribution in [2.24, 2.45) is 0 Å². The van der Waals surface area contributed by atoms with Gasteiger partial charge in [-0.15, -0.1) is 0 Å². The summed E-state index contributed by atoms with van der Waals surface area (Å²) in [5.41, 5.74) is 6.63. The Morgan fingerprint density at radius 2 is 1.63 bits per heavy atom. The van der Waals surface area contributed by atoms with Gasteiger partial charge >= 0.3 is 0 Å². The molecular formula is C31H39NO3. The van der Waals surface area contributed by atoms with Crippen LogP contribution >= 0.6 is 0 Å². The van der Waals surface area contributed by atoms with E-state index >= 15 is 0 Å². The van der Waals surface area contributed by atoms with E-state index in [1.165, 1.54) is 35.1 Å². The van der Waals surface area contributed by atoms with Gasteiger partial charge in [0.15, 0.2) is 5.76 Å². The fourth-order valence-electron chi connectivity index (χ4n) is 5.18. The molecule has 1 aliphatic carbocycles. The topological polar surface area (TPSA) is 53.7 Å². The van der Waals surface area contributed by atoms with E-state index in [2.05, 4.69) is 46.8 Å². The molecule has 1 aromatic heterocycles. The van der Waals surface area contributed by atoms with E-state index < -0.39 is 6.10 Å². The summed E-state index contributed by atoms with van der Waals surface area (Å²) in [5.74, 6) is 0.970. The fourth-order valence-corrected chi connectivity index (χ4v) is 5.18. The molecule has 186 valence electrons. The number of rotatable bonds is 7. The quantitative estimate of drug-likeness (QED) is 0.414. The number of benzene rings is 2. The molecule has 3 aromatic rings. The highest BCUT2D eigenvalue weighted by atomic mass is 16.4. The second kappa shape index (κ2) is 9.66. The first-order chi connectivity index (χ1) is 16.5. The monoisotopic (exact) mass is 473 g/mol. The third-order valence-corrected chi connectivity index (χ3v) is 7.82. The first-order valence-electron chi connectivity index (χ1n) is 12.7. The zero-order chi connectivity index (χ0) is 25.4. The van der Waals surface area contributed by atoms with Gasteiger partial charge in [-0.05, 0) is 77.0 Å². The van der Waals surface area contributed by atoms with E-state index in [-0.39, 0.29) is 16.7 Å². The largest absolute Gasteiger partial charge is 0.456 e. The maximum Gasteiger partial charge on any atom is 0.289 e. The summed E-state index contributed by atoms with van der Waals surface area (Å²) < 4.78 is 6.00. The number of amides is 1. The van der Waals surface area contributed by atoms with Crippen LogP contribution in [-0.2, 0) is 17.3 Å². The van der Waals surface area contributed by atoms with Gasteiger partial charge in [0.2, 0.25) is 0 Å². The third kappa shape index (κ3) is 5.38. The van der Waals surface area contributed by atoms with Crippen molar-refractivity contribution in [3.63, 3.8) is 0 Å². The SMILES string of the molecule is Cc1cc2c(cc1Cc1ccc(C(=O)N(C)CCC(O)c3ccccc3)o1)C(C)(C)CCC2(C)C. The van der Waals surface area contributed by atoms with Crippen LogP contribution in [0.3, 0.4) is 0 Å². The number of aryl methyl sites for hydroxylation is 1. The molecule has 1 N–H and O–H groups in total. The van der Waals surface area contributed by atoms with Crippen LogP contribution in [0.1, 0.15) is 97.2 Å². The van der Waals surface area contributed by atoms with Crippen LogP contribution in [0.4, 0.5) is 0 Å². The maximum absolute atomic E-state index is 12.9. The summed E-state index contributed by atoms with van der Waals surface area (Å²) in [6.45, 7) is 12.0. The Balaban J connectivity index is 1.45. The molecule has 0 aliphatic heterocycles. The molecule has 1 unspecified atom stereocenters. The number of hydrogen-bond acceptors (Lipinski definition) is 3. The highest BCUT2D eigenvalue weighted by Gasteiger charge is 2.37. The third-order valence-electron chi connectivity index (χ3n) is 7.82. The molecule has 2 aromatic carbocycles. The van der Waals surface area contributed by atoms with Gasteiger partial charge in [-0.25, -0.2) is 0 Å². The van der Waals surface area contributed by atoms with Crippen molar-refractivity contribution in [1.82, 2.24) is 4.90 Å². The molecule has 4 nitrogen and oxygen atoms in total. The highest BCUT2D eigenvalue weighted by molar-refractivity contribution is 5.91. The summed E-state index contributed by atoms with van der Waals surface area (Å²) in [6.07, 6.45) is 2.92. The van der Waals surface area contributed by atoms with Crippen LogP contribution in [0, 0.1) is 6.92 Å². The first kappa shape index (κ1) is 25.2. The van der Waals surface area contributed by atoms with E-state index in [0.717, 1.165) is 11.3 Å². The number of nitrogens with zero attached hydrogens (tertiary/aromatic N) is 1. The van der Waals surface area contributed by atoms with Crippen LogP contribution in [0.15, 0.2) is 59.0 Å². The van der Waals surface area contributed by atoms with E-state index in [9.17, 15) is 9.90 Å². The van der Waals surface area contributed by atoms with Gasteiger partial charge in [-0.3, -0.25) is 4.79 Å². The van der Waals surface area contributed by atoms with Crippen LogP contribution in [-0.4, -0.2) is 29.5 Å². The molecule has 35 heavy (non-hydrogen) atoms. The van der Waals surface area contributed by atoms with Crippen molar-refractivity contribution < 1.29 is 14.3 Å². The Morgan fingerprint density at radius 3 is 2.29 bits per heavy atom. The van der Waals surface area contributed by atoms with Crippen molar-refractivity contribution in [2.75, 3.05) is 13.6 Å². The summed E-state index contributed by atoms with van der Waals surface area (Å²) in [5, 5.41) is 10.4. The molecule has 0 fully saturated rings. The van der Waals surface area contributed by atoms with Crippen LogP contribution in [0.2, 0.25) is 0 Å². The minimum Gasteiger partial charge on any atom is -0.456 e. The van der Waals surface area contributed by atoms with Crippen molar-refractivity contribution >= 4 is 5.91 Å². The normalized spacial score (nSPS) is 17.0. The number of hydrogen-bond donors (Lipinski definition) is 1. The predicted octanol–water partition coefficient (Wildman–Crippen LogP) is 6.72. The van der Waals surface area contributed by atoms with E-state index in [1.54, 1.807) is 18.0 Å². The van der Waals surface area contributed by atoms with Gasteiger partial charge in [0.05, 0.1) is 6.10 Å². The molecular weight excluding hydrogens is 434 g/mol. The second-order valence-corrected chi connectivity index (χ2v) is 11.5. The van der Waals surface area contributed by atoms with Crippen LogP contribution in [0.25, 0.3) is 0 Å². The van der Waals surface area contributed by atoms with Gasteiger partial charge in [0.25, 0.3) is 5.91 Å². The number of aliphatic hydroxyl groups excluding tert-OH is 1. The number of carbonyl (C=O) groups excluding carboxylic acids is 1. The van der Waals surface area contributed by atoms with E-state index in [0.29, 0.717) is 25.1 Å². The molecule has 1 atom stereocenters. The van der Waals surface area contributed by atoms with Gasteiger partial charge in [0.1, 0.15) is 5.76 Å². The van der Waals surface area contributed by atoms with Crippen molar-refractivity contribution in [3.05, 3.63) is 93.9 Å². The maximum atomic E-state index is 12.9. The molecule has 0 spiro atoms. The smallest absolute Gasteiger partial charge is 0.289 e. The molecule has 0 bridgehead atoms. The molecule has 4 rings (SSSR count). The van der Waals surface area contributed by atoms with E-state index in [1.807, 2.05) is 36.4 Å². The molecule has 4 heteroatoms. The summed E-state index contributed by atoms with van der Waals surface area (Å²) in [6, 6.07) is 17.9. The first-order valence-corrected chi connectivity index (χ1v) is 12.7. The number of aliphatic hydroxyl groups is 1. The summed E-state index contributed by atoms with van der Waals surface area (Å²) in [4.78, 5) is 14.5. The van der Waals surface area contributed by atoms with Gasteiger partial charge < -0.3 is 14.4 Å². The lowest BCUT2D eigenvalue weighted by atomic mass is 9.62. The average Bonchev–Trinajstić information content (AvgIpc) is 3.30. The minimum absolute atomic E-state index is 0.157. The Labute approximate surface area is 210 Å². The lowest BCUT2D eigenvalue weighted by Crippen LogP contribution is -2.34. The predicted molar refractivity (Wildman–Crippen MR) is 141 cm³/mol. The Kier molecular flexibility index (Phi) is 6.97. The van der Waals surface area contributed by atoms with Gasteiger partial charge in [-0.1, -0.05) is 70.2 Å². The van der Waals surface area contributed by atoms with Crippen molar-refractivity contribution in [1.29, 1.82) is 0 Å². The summed E-state index contributed by atoms with van der Waals surface area (Å²) in [7, 11) is 1.75. The highest BCUT2D eigenvalue weighted by Crippen LogP contribution is 2.46. The Bertz CT molecular complexity index is 1190. The molecule has 0 saturated heterocycles. The average molecular weight is 474 g/mol. The van der Waals surface area contributed by atoms with Crippen molar-refractivity contribution in [2.45, 2.75) is 77.2 Å². The Morgan fingerprint density at radius 1 is 1.00 bits per heavy atom. The fraction of sp³-hybridized carbons (Fsp3) is 0.452. The van der Waals surface area contributed by atoms with Crippen molar-refractivity contribution in [3.8, 4) is 0 Å². The van der Waals surface area contributed by atoms with Gasteiger partial charge in [-0.2, -0.15) is 0 Å². The number of fused-ring (bicyclic) bond motifs is 1. The second-order valence-electron chi connectivity index (χ2n) is 11.5. The van der Waals surface area contributed by atoms with Crippen LogP contribution in [0.5, 0.6) is 0 Å². The molecule has 0 saturated carbocycles. The minimum atomic E-state index is -0.597. The standard InChI is InChI=1S/C31H39NO3/c1-21-18-25-26(31(4,5)16-15-30(25,2)3)20-23(21)19-24-12-13-28(35-24)29(34)32(6)17-14-27(33)22-10-8-7-9-11-22/h7-13,18,20,27,33H,14-17,19H2,1-6H3. The van der Waals surface area contributed by atoms with Gasteiger partial charge in [0, 0.05) is 20.0 Å². The number of carbonyl (C=O) groups is 1. The lowest BCUT2D eigenvalue weighted by molar-refractivity contribution is 0.0728. The molecule has 1 amide bonds. The summed E-state index contributed by atoms with van der Waals surface area (Å²) >= 11 is 0. The van der Waals surface area contributed by atoms with Crippen LogP contribution < -0.4 is 0 Å². The Hall–Kier alpha value is -2.85. The molecule has 1 heterocycles. The zero-order valence-electron chi connectivity index (χ0n) is 22.0. The molecule has 0 radical (unpaired) electrons. The molecule has 1 aliphatic rings. The zero-order valence-corrected chi connectivity index (χ0v) is 22.0. The number of furan rings is 1. The lowest BCUT2D eigenvalue weighted by Gasteiger charge is -2.42. The van der Waals surface area contributed by atoms with E-state index in [4.69, 9.17) is 4.42 Å².